The van der Waals surface area contributed by atoms with Crippen molar-refractivity contribution in [2.45, 2.75) is 58.5 Å². The van der Waals surface area contributed by atoms with Gasteiger partial charge >= 0.3 is 5.97 Å². The summed E-state index contributed by atoms with van der Waals surface area (Å²) in [5.41, 5.74) is 4.08. The van der Waals surface area contributed by atoms with Crippen molar-refractivity contribution in [2.75, 3.05) is 31.1 Å². The molecule has 3 heterocycles. The summed E-state index contributed by atoms with van der Waals surface area (Å²) >= 11 is 0. The molecule has 156 valence electrons. The maximum Gasteiger partial charge on any atom is 0.338 e. The number of likely N-dealkylation sites (tertiary alicyclic amines) is 1. The highest BCUT2D eigenvalue weighted by Gasteiger charge is 2.26. The van der Waals surface area contributed by atoms with Gasteiger partial charge in [0.25, 0.3) is 0 Å². The Morgan fingerprint density at radius 3 is 2.41 bits per heavy atom. The van der Waals surface area contributed by atoms with Gasteiger partial charge in [0.1, 0.15) is 11.4 Å². The largest absolute Gasteiger partial charge is 0.456 e. The molecule has 4 rings (SSSR count). The van der Waals surface area contributed by atoms with Gasteiger partial charge in [0.15, 0.2) is 0 Å². The van der Waals surface area contributed by atoms with Crippen molar-refractivity contribution in [3.63, 3.8) is 0 Å². The van der Waals surface area contributed by atoms with Gasteiger partial charge in [-0.1, -0.05) is 0 Å². The van der Waals surface area contributed by atoms with Gasteiger partial charge in [-0.3, -0.25) is 0 Å². The molecule has 5 nitrogen and oxygen atoms in total. The van der Waals surface area contributed by atoms with Crippen LogP contribution in [0.1, 0.15) is 63.2 Å². The molecule has 3 aliphatic heterocycles. The minimum absolute atomic E-state index is 0.268. The molecule has 0 aromatic heterocycles. The van der Waals surface area contributed by atoms with Crippen LogP contribution in [0.2, 0.25) is 0 Å². The predicted octanol–water partition coefficient (Wildman–Crippen LogP) is 4.43. The molecule has 1 fully saturated rings. The van der Waals surface area contributed by atoms with Crippen LogP contribution in [0.25, 0.3) is 0 Å². The van der Waals surface area contributed by atoms with Crippen molar-refractivity contribution in [1.29, 1.82) is 0 Å². The van der Waals surface area contributed by atoms with Crippen LogP contribution >= 0.6 is 0 Å². The van der Waals surface area contributed by atoms with Crippen LogP contribution in [0, 0.1) is 0 Å². The number of carbonyl (C=O) groups excluding carboxylic acids is 1. The average molecular weight is 396 g/mol. The molecule has 0 bridgehead atoms. The summed E-state index contributed by atoms with van der Waals surface area (Å²) in [6, 6.07) is 7.84. The Bertz CT molecular complexity index is 812. The number of anilines is 1. The van der Waals surface area contributed by atoms with E-state index in [0.717, 1.165) is 44.7 Å². The normalized spacial score (nSPS) is 20.0. The number of piperidine rings is 1. The fourth-order valence-corrected chi connectivity index (χ4v) is 4.37. The molecular weight excluding hydrogens is 362 g/mol. The van der Waals surface area contributed by atoms with E-state index in [-0.39, 0.29) is 5.97 Å². The van der Waals surface area contributed by atoms with Crippen molar-refractivity contribution in [1.82, 2.24) is 10.2 Å². The Hall–Kier alpha value is -2.43. The molecule has 0 unspecified atom stereocenters. The SMILES string of the molecule is CC(C)(C)OC(=O)c1ccc(N2CCCC3=C2CNC(N2CCCCC2)=C3)cc1. The van der Waals surface area contributed by atoms with E-state index >= 15 is 0 Å². The first-order valence-electron chi connectivity index (χ1n) is 10.9. The van der Waals surface area contributed by atoms with Crippen molar-refractivity contribution >= 4 is 11.7 Å². The second-order valence-electron chi connectivity index (χ2n) is 9.21. The zero-order valence-electron chi connectivity index (χ0n) is 18.0. The van der Waals surface area contributed by atoms with Crippen LogP contribution < -0.4 is 10.2 Å². The maximum atomic E-state index is 12.3. The summed E-state index contributed by atoms with van der Waals surface area (Å²) < 4.78 is 5.48. The van der Waals surface area contributed by atoms with Crippen molar-refractivity contribution in [3.8, 4) is 0 Å². The number of benzene rings is 1. The van der Waals surface area contributed by atoms with E-state index in [1.807, 2.05) is 45.0 Å². The zero-order chi connectivity index (χ0) is 20.4. The number of ether oxygens (including phenoxy) is 1. The number of nitrogens with zero attached hydrogens (tertiary/aromatic N) is 2. The first-order chi connectivity index (χ1) is 13.9. The van der Waals surface area contributed by atoms with Gasteiger partial charge in [-0.15, -0.1) is 0 Å². The molecular formula is C24H33N3O2. The minimum atomic E-state index is -0.478. The van der Waals surface area contributed by atoms with Gasteiger partial charge in [0.2, 0.25) is 0 Å². The number of esters is 1. The zero-order valence-corrected chi connectivity index (χ0v) is 18.0. The Kier molecular flexibility index (Phi) is 5.57. The molecule has 1 aromatic rings. The number of hydrogen-bond donors (Lipinski definition) is 1. The smallest absolute Gasteiger partial charge is 0.338 e. The minimum Gasteiger partial charge on any atom is -0.456 e. The second kappa shape index (κ2) is 8.13. The summed E-state index contributed by atoms with van der Waals surface area (Å²) in [5, 5.41) is 3.66. The summed E-state index contributed by atoms with van der Waals surface area (Å²) in [4.78, 5) is 17.2. The fraction of sp³-hybridized carbons (Fsp3) is 0.542. The van der Waals surface area contributed by atoms with Crippen LogP contribution in [0.3, 0.4) is 0 Å². The summed E-state index contributed by atoms with van der Waals surface area (Å²) in [5.74, 6) is 1.03. The number of allylic oxidation sites excluding steroid dienone is 2. The topological polar surface area (TPSA) is 44.8 Å². The van der Waals surface area contributed by atoms with Gasteiger partial charge in [0, 0.05) is 31.0 Å². The molecule has 0 saturated carbocycles. The fourth-order valence-electron chi connectivity index (χ4n) is 4.37. The first-order valence-corrected chi connectivity index (χ1v) is 10.9. The van der Waals surface area contributed by atoms with Gasteiger partial charge in [-0.25, -0.2) is 4.79 Å². The van der Waals surface area contributed by atoms with Crippen molar-refractivity contribution in [3.05, 3.63) is 53.0 Å². The van der Waals surface area contributed by atoms with Crippen LogP contribution in [0.15, 0.2) is 47.4 Å². The number of dihydropyridines is 1. The summed E-state index contributed by atoms with van der Waals surface area (Å²) in [7, 11) is 0. The molecule has 1 saturated heterocycles. The maximum absolute atomic E-state index is 12.3. The quantitative estimate of drug-likeness (QED) is 0.767. The van der Waals surface area contributed by atoms with E-state index in [0.29, 0.717) is 5.56 Å². The lowest BCUT2D eigenvalue weighted by Gasteiger charge is -2.39. The Balaban J connectivity index is 1.52. The average Bonchev–Trinajstić information content (AvgIpc) is 2.72. The lowest BCUT2D eigenvalue weighted by Crippen LogP contribution is -2.42. The number of hydrogen-bond acceptors (Lipinski definition) is 5. The third-order valence-electron chi connectivity index (χ3n) is 5.78. The number of rotatable bonds is 3. The highest BCUT2D eigenvalue weighted by Crippen LogP contribution is 2.32. The lowest BCUT2D eigenvalue weighted by molar-refractivity contribution is 0.00695. The number of nitrogens with one attached hydrogen (secondary N) is 1. The highest BCUT2D eigenvalue weighted by atomic mass is 16.6. The molecule has 3 aliphatic rings. The molecule has 0 amide bonds. The van der Waals surface area contributed by atoms with E-state index in [2.05, 4.69) is 21.2 Å². The van der Waals surface area contributed by atoms with Crippen molar-refractivity contribution in [2.24, 2.45) is 0 Å². The first kappa shape index (κ1) is 19.9. The Morgan fingerprint density at radius 2 is 1.72 bits per heavy atom. The van der Waals surface area contributed by atoms with Crippen LogP contribution in [-0.4, -0.2) is 42.6 Å². The summed E-state index contributed by atoms with van der Waals surface area (Å²) in [6.07, 6.45) is 8.59. The van der Waals surface area contributed by atoms with E-state index in [1.54, 1.807) is 0 Å². The standard InChI is InChI=1S/C24H33N3O2/c1-24(2,3)29-23(28)18-9-11-20(12-10-18)27-15-7-8-19-16-22(25-17-21(19)27)26-13-5-4-6-14-26/h9-12,16,25H,4-8,13-15,17H2,1-3H3. The Morgan fingerprint density at radius 1 is 1.00 bits per heavy atom. The van der Waals surface area contributed by atoms with Gasteiger partial charge in [-0.2, -0.15) is 0 Å². The van der Waals surface area contributed by atoms with E-state index < -0.39 is 5.60 Å². The third-order valence-corrected chi connectivity index (χ3v) is 5.78. The van der Waals surface area contributed by atoms with Gasteiger partial charge < -0.3 is 19.9 Å². The van der Waals surface area contributed by atoms with E-state index in [1.165, 1.54) is 36.4 Å². The monoisotopic (exact) mass is 395 g/mol. The lowest BCUT2D eigenvalue weighted by atomic mass is 9.98. The van der Waals surface area contributed by atoms with Crippen LogP contribution in [0.4, 0.5) is 5.69 Å². The second-order valence-corrected chi connectivity index (χ2v) is 9.21. The van der Waals surface area contributed by atoms with Crippen LogP contribution in [0.5, 0.6) is 0 Å². The molecule has 1 N–H and O–H groups in total. The molecule has 0 radical (unpaired) electrons. The molecule has 0 atom stereocenters. The molecule has 1 aromatic carbocycles. The van der Waals surface area contributed by atoms with Gasteiger partial charge in [-0.05, 0) is 88.8 Å². The molecule has 5 heteroatoms. The molecule has 0 spiro atoms. The molecule has 0 aliphatic carbocycles. The highest BCUT2D eigenvalue weighted by molar-refractivity contribution is 5.90. The third kappa shape index (κ3) is 4.60. The van der Waals surface area contributed by atoms with Crippen molar-refractivity contribution < 1.29 is 9.53 Å². The number of carbonyl (C=O) groups is 1. The van der Waals surface area contributed by atoms with E-state index in [9.17, 15) is 4.79 Å². The Labute approximate surface area is 174 Å². The summed E-state index contributed by atoms with van der Waals surface area (Å²) in [6.45, 7) is 9.88. The van der Waals surface area contributed by atoms with E-state index in [4.69, 9.17) is 4.74 Å². The van der Waals surface area contributed by atoms with Gasteiger partial charge in [0.05, 0.1) is 12.1 Å². The molecule has 29 heavy (non-hydrogen) atoms. The van der Waals surface area contributed by atoms with Crippen LogP contribution in [-0.2, 0) is 4.74 Å². The predicted molar refractivity (Wildman–Crippen MR) is 117 cm³/mol.